The zero-order chi connectivity index (χ0) is 33.9. The van der Waals surface area contributed by atoms with Crippen molar-refractivity contribution in [2.75, 3.05) is 26.2 Å². The summed E-state index contributed by atoms with van der Waals surface area (Å²) in [5.74, 6) is -2.78. The highest BCUT2D eigenvalue weighted by Gasteiger charge is 2.27. The third-order valence-corrected chi connectivity index (χ3v) is 7.02. The summed E-state index contributed by atoms with van der Waals surface area (Å²) in [5.41, 5.74) is 28.9. The van der Waals surface area contributed by atoms with Gasteiger partial charge in [-0.15, -0.1) is 0 Å². The summed E-state index contributed by atoms with van der Waals surface area (Å²) >= 11 is 0. The molecule has 3 atom stereocenters. The van der Waals surface area contributed by atoms with Gasteiger partial charge in [0, 0.05) is 19.6 Å². The van der Waals surface area contributed by atoms with Crippen molar-refractivity contribution in [1.82, 2.24) is 26.6 Å². The molecule has 1 aromatic carbocycles. The van der Waals surface area contributed by atoms with Crippen molar-refractivity contribution in [2.24, 2.45) is 38.7 Å². The maximum Gasteiger partial charge on any atom is 0.245 e. The molecule has 0 unspecified atom stereocenters. The van der Waals surface area contributed by atoms with E-state index in [0.717, 1.165) is 5.56 Å². The maximum atomic E-state index is 13.4. The Labute approximate surface area is 268 Å². The Morgan fingerprint density at radius 3 is 2.22 bits per heavy atom. The molecule has 1 aliphatic heterocycles. The Morgan fingerprint density at radius 2 is 1.50 bits per heavy atom. The van der Waals surface area contributed by atoms with E-state index in [1.54, 1.807) is 24.3 Å². The van der Waals surface area contributed by atoms with Crippen LogP contribution in [-0.4, -0.2) is 85.8 Å². The highest BCUT2D eigenvalue weighted by atomic mass is 16.2. The number of carbonyl (C=O) groups excluding carboxylic acids is 5. The SMILES string of the molecule is NCCCC[C@@H]1NC(=O)Cc2cccc(c2)CNC(=O)CNC(=O)[C@H](N=C(N)N)CCCCNC(=O)[C@H](CCN=C(N)N)NC1=O. The van der Waals surface area contributed by atoms with Gasteiger partial charge in [-0.05, 0) is 62.6 Å². The standard InChI is InChI=1S/C29H48N12O5/c30-11-3-1-8-21-27(46)40-22(10-13-36-28(31)32)25(44)35-12-4-2-9-20(41-29(33)34)26(45)38-17-24(43)37-16-19-7-5-6-18(14-19)15-23(42)39-21/h5-7,14,20-22H,1-4,8-13,15-17,30H2,(H,35,44)(H,37,43)(H,38,45)(H,39,42)(H,40,46)(H4,31,32,36)(H4,33,34,41)/t20-,21+,22+/m1/s1. The summed E-state index contributed by atoms with van der Waals surface area (Å²) in [6, 6.07) is 4.21. The largest absolute Gasteiger partial charge is 0.370 e. The van der Waals surface area contributed by atoms with Gasteiger partial charge >= 0.3 is 0 Å². The van der Waals surface area contributed by atoms with E-state index < -0.39 is 47.7 Å². The van der Waals surface area contributed by atoms with Gasteiger partial charge in [0.25, 0.3) is 0 Å². The number of benzene rings is 1. The minimum Gasteiger partial charge on any atom is -0.370 e. The number of nitrogens with two attached hydrogens (primary N) is 5. The number of aliphatic imine (C=N–C) groups is 2. The second-order valence-electron chi connectivity index (χ2n) is 10.9. The Hall–Kier alpha value is -4.93. The van der Waals surface area contributed by atoms with Crippen molar-refractivity contribution in [3.05, 3.63) is 35.4 Å². The van der Waals surface area contributed by atoms with Gasteiger partial charge in [-0.2, -0.15) is 0 Å². The predicted octanol–water partition coefficient (Wildman–Crippen LogP) is -3.33. The zero-order valence-corrected chi connectivity index (χ0v) is 26.1. The fraction of sp³-hybridized carbons (Fsp3) is 0.552. The fourth-order valence-corrected chi connectivity index (χ4v) is 4.69. The van der Waals surface area contributed by atoms with E-state index in [9.17, 15) is 24.0 Å². The molecule has 2 bridgehead atoms. The second-order valence-corrected chi connectivity index (χ2v) is 10.9. The quantitative estimate of drug-likeness (QED) is 0.0762. The minimum atomic E-state index is -0.993. The molecular weight excluding hydrogens is 596 g/mol. The van der Waals surface area contributed by atoms with Crippen molar-refractivity contribution < 1.29 is 24.0 Å². The Balaban J connectivity index is 2.30. The Bertz CT molecular complexity index is 1250. The first kappa shape index (κ1) is 37.3. The summed E-state index contributed by atoms with van der Waals surface area (Å²) in [7, 11) is 0. The average Bonchev–Trinajstić information content (AvgIpc) is 3.00. The van der Waals surface area contributed by atoms with Gasteiger partial charge in [0.15, 0.2) is 11.9 Å². The van der Waals surface area contributed by atoms with Crippen molar-refractivity contribution in [3.63, 3.8) is 0 Å². The first-order valence-electron chi connectivity index (χ1n) is 15.3. The van der Waals surface area contributed by atoms with Crippen LogP contribution in [0.5, 0.6) is 0 Å². The number of amides is 5. The minimum absolute atomic E-state index is 0.0287. The molecular formula is C29H48N12O5. The van der Waals surface area contributed by atoms with Crippen LogP contribution in [0.3, 0.4) is 0 Å². The van der Waals surface area contributed by atoms with E-state index in [2.05, 4.69) is 36.6 Å². The number of hydrogen-bond donors (Lipinski definition) is 10. The number of fused-ring (bicyclic) bond motifs is 2. The number of hydrogen-bond acceptors (Lipinski definition) is 8. The van der Waals surface area contributed by atoms with Gasteiger partial charge in [0.2, 0.25) is 29.5 Å². The monoisotopic (exact) mass is 644 g/mol. The number of nitrogens with zero attached hydrogens (tertiary/aromatic N) is 2. The Kier molecular flexibility index (Phi) is 16.3. The zero-order valence-electron chi connectivity index (χ0n) is 26.1. The normalized spacial score (nSPS) is 21.0. The average molecular weight is 645 g/mol. The number of nitrogens with one attached hydrogen (secondary N) is 5. The van der Waals surface area contributed by atoms with E-state index in [0.29, 0.717) is 44.2 Å². The summed E-state index contributed by atoms with van der Waals surface area (Å²) in [6.07, 6.45) is 2.78. The molecule has 1 aliphatic rings. The number of rotatable bonds is 8. The molecule has 1 heterocycles. The van der Waals surface area contributed by atoms with Crippen LogP contribution < -0.4 is 55.3 Å². The molecule has 0 saturated carbocycles. The smallest absolute Gasteiger partial charge is 0.245 e. The van der Waals surface area contributed by atoms with Crippen LogP contribution in [0.2, 0.25) is 0 Å². The highest BCUT2D eigenvalue weighted by Crippen LogP contribution is 2.09. The number of unbranched alkanes of at least 4 members (excludes halogenated alkanes) is 1. The van der Waals surface area contributed by atoms with Crippen LogP contribution in [0.1, 0.15) is 56.1 Å². The predicted molar refractivity (Wildman–Crippen MR) is 174 cm³/mol. The van der Waals surface area contributed by atoms with E-state index in [1.807, 2.05) is 0 Å². The van der Waals surface area contributed by atoms with Crippen LogP contribution in [-0.2, 0) is 36.9 Å². The van der Waals surface area contributed by atoms with E-state index in [1.165, 1.54) is 0 Å². The number of carbonyl (C=O) groups is 5. The highest BCUT2D eigenvalue weighted by molar-refractivity contribution is 5.92. The molecule has 0 aromatic heterocycles. The van der Waals surface area contributed by atoms with E-state index in [-0.39, 0.29) is 57.4 Å². The topological polar surface area (TPSA) is 300 Å². The molecule has 5 amide bonds. The van der Waals surface area contributed by atoms with Crippen LogP contribution in [0, 0.1) is 0 Å². The molecule has 0 spiro atoms. The third-order valence-electron chi connectivity index (χ3n) is 7.02. The molecule has 17 nitrogen and oxygen atoms in total. The van der Waals surface area contributed by atoms with Gasteiger partial charge in [-0.1, -0.05) is 24.3 Å². The van der Waals surface area contributed by atoms with Crippen LogP contribution >= 0.6 is 0 Å². The summed E-state index contributed by atoms with van der Waals surface area (Å²) in [6.45, 7) is 0.594. The number of guanidine groups is 2. The maximum absolute atomic E-state index is 13.4. The molecule has 254 valence electrons. The lowest BCUT2D eigenvalue weighted by Crippen LogP contribution is -2.54. The molecule has 0 radical (unpaired) electrons. The van der Waals surface area contributed by atoms with E-state index in [4.69, 9.17) is 28.7 Å². The first-order valence-corrected chi connectivity index (χ1v) is 15.3. The van der Waals surface area contributed by atoms with Crippen LogP contribution in [0.4, 0.5) is 0 Å². The van der Waals surface area contributed by atoms with Gasteiger partial charge in [0.05, 0.1) is 13.0 Å². The molecule has 17 heteroatoms. The van der Waals surface area contributed by atoms with Crippen molar-refractivity contribution in [1.29, 1.82) is 0 Å². The van der Waals surface area contributed by atoms with Crippen LogP contribution in [0.25, 0.3) is 0 Å². The molecule has 0 aliphatic carbocycles. The lowest BCUT2D eigenvalue weighted by atomic mass is 10.0. The van der Waals surface area contributed by atoms with Crippen molar-refractivity contribution >= 4 is 41.5 Å². The summed E-state index contributed by atoms with van der Waals surface area (Å²) in [4.78, 5) is 72.7. The van der Waals surface area contributed by atoms with Gasteiger partial charge in [-0.25, -0.2) is 4.99 Å². The molecule has 15 N–H and O–H groups in total. The lowest BCUT2D eigenvalue weighted by Gasteiger charge is -2.23. The Morgan fingerprint density at radius 1 is 0.761 bits per heavy atom. The molecule has 0 saturated heterocycles. The van der Waals surface area contributed by atoms with Crippen LogP contribution in [0.15, 0.2) is 34.3 Å². The van der Waals surface area contributed by atoms with Crippen molar-refractivity contribution in [3.8, 4) is 0 Å². The van der Waals surface area contributed by atoms with Gasteiger partial charge < -0.3 is 55.3 Å². The van der Waals surface area contributed by atoms with Gasteiger partial charge in [0.1, 0.15) is 18.1 Å². The van der Waals surface area contributed by atoms with Crippen molar-refractivity contribution in [2.45, 2.75) is 76.0 Å². The first-order chi connectivity index (χ1) is 22.0. The van der Waals surface area contributed by atoms with Gasteiger partial charge in [-0.3, -0.25) is 29.0 Å². The fourth-order valence-electron chi connectivity index (χ4n) is 4.69. The van der Waals surface area contributed by atoms with E-state index >= 15 is 0 Å². The molecule has 1 aromatic rings. The summed E-state index contributed by atoms with van der Waals surface area (Å²) < 4.78 is 0. The summed E-state index contributed by atoms with van der Waals surface area (Å²) in [5, 5.41) is 13.6. The lowest BCUT2D eigenvalue weighted by molar-refractivity contribution is -0.132. The molecule has 46 heavy (non-hydrogen) atoms. The second kappa shape index (κ2) is 20.2. The third kappa shape index (κ3) is 14.7. The molecule has 0 fully saturated rings. The molecule has 2 rings (SSSR count).